The first-order valence-corrected chi connectivity index (χ1v) is 5.78. The number of halogens is 1. The lowest BCUT2D eigenvalue weighted by Gasteiger charge is -2.16. The highest BCUT2D eigenvalue weighted by atomic mass is 35.5. The van der Waals surface area contributed by atoms with E-state index >= 15 is 0 Å². The molecular weight excluding hydrogens is 210 g/mol. The van der Waals surface area contributed by atoms with Crippen molar-refractivity contribution in [3.8, 4) is 5.75 Å². The van der Waals surface area contributed by atoms with E-state index in [4.69, 9.17) is 16.3 Å². The van der Waals surface area contributed by atoms with Crippen molar-refractivity contribution in [2.75, 3.05) is 12.4 Å². The molecule has 0 amide bonds. The van der Waals surface area contributed by atoms with Crippen molar-refractivity contribution in [3.05, 3.63) is 23.2 Å². The molecule has 1 fully saturated rings. The maximum Gasteiger partial charge on any atom is 0.160 e. The van der Waals surface area contributed by atoms with Gasteiger partial charge in [-0.2, -0.15) is 0 Å². The molecule has 0 radical (unpaired) electrons. The quantitative estimate of drug-likeness (QED) is 0.847. The van der Waals surface area contributed by atoms with Crippen LogP contribution in [0.2, 0.25) is 5.02 Å². The number of benzene rings is 1. The first kappa shape index (κ1) is 10.6. The van der Waals surface area contributed by atoms with Crippen LogP contribution in [0.3, 0.4) is 0 Å². The molecule has 0 saturated heterocycles. The van der Waals surface area contributed by atoms with E-state index in [1.54, 1.807) is 7.11 Å². The minimum atomic E-state index is 0.581. The summed E-state index contributed by atoms with van der Waals surface area (Å²) in [6.07, 6.45) is 5.13. The highest BCUT2D eigenvalue weighted by Crippen LogP contribution is 2.34. The van der Waals surface area contributed by atoms with E-state index in [0.717, 1.165) is 11.4 Å². The standard InChI is InChI=1S/C12H16ClNO/c1-15-12-10(13)7-4-8-11(12)14-9-5-2-3-6-9/h4,7-9,14H,2-3,5-6H2,1H3. The Bertz CT molecular complexity index is 334. The van der Waals surface area contributed by atoms with Crippen LogP contribution in [0.1, 0.15) is 25.7 Å². The van der Waals surface area contributed by atoms with Crippen LogP contribution in [0.15, 0.2) is 18.2 Å². The van der Waals surface area contributed by atoms with E-state index in [9.17, 15) is 0 Å². The molecule has 1 aliphatic rings. The van der Waals surface area contributed by atoms with Gasteiger partial charge < -0.3 is 10.1 Å². The van der Waals surface area contributed by atoms with Gasteiger partial charge in [0.15, 0.2) is 5.75 Å². The smallest absolute Gasteiger partial charge is 0.160 e. The van der Waals surface area contributed by atoms with Crippen molar-refractivity contribution >= 4 is 17.3 Å². The second-order valence-corrected chi connectivity index (χ2v) is 4.35. The Balaban J connectivity index is 2.15. The van der Waals surface area contributed by atoms with Crippen LogP contribution in [0, 0.1) is 0 Å². The van der Waals surface area contributed by atoms with Crippen molar-refractivity contribution < 1.29 is 4.74 Å². The van der Waals surface area contributed by atoms with Gasteiger partial charge in [-0.3, -0.25) is 0 Å². The summed E-state index contributed by atoms with van der Waals surface area (Å²) in [6, 6.07) is 6.39. The van der Waals surface area contributed by atoms with Crippen LogP contribution >= 0.6 is 11.6 Å². The summed E-state index contributed by atoms with van der Waals surface area (Å²) in [5.41, 5.74) is 1.01. The summed E-state index contributed by atoms with van der Waals surface area (Å²) in [6.45, 7) is 0. The van der Waals surface area contributed by atoms with Gasteiger partial charge in [0, 0.05) is 6.04 Å². The van der Waals surface area contributed by atoms with Gasteiger partial charge in [-0.05, 0) is 25.0 Å². The molecule has 1 aliphatic carbocycles. The zero-order valence-electron chi connectivity index (χ0n) is 8.92. The fourth-order valence-electron chi connectivity index (χ4n) is 2.12. The zero-order chi connectivity index (χ0) is 10.7. The summed E-state index contributed by atoms with van der Waals surface area (Å²) in [5, 5.41) is 4.16. The van der Waals surface area contributed by atoms with Crippen LogP contribution in [-0.2, 0) is 0 Å². The summed E-state index contributed by atoms with van der Waals surface area (Å²) >= 11 is 6.05. The number of hydrogen-bond acceptors (Lipinski definition) is 2. The SMILES string of the molecule is COc1c(Cl)cccc1NC1CCCC1. The van der Waals surface area contributed by atoms with Crippen molar-refractivity contribution in [1.29, 1.82) is 0 Å². The van der Waals surface area contributed by atoms with Gasteiger partial charge in [0.1, 0.15) is 0 Å². The predicted molar refractivity (Wildman–Crippen MR) is 63.9 cm³/mol. The van der Waals surface area contributed by atoms with E-state index in [1.807, 2.05) is 18.2 Å². The molecule has 2 rings (SSSR count). The second-order valence-electron chi connectivity index (χ2n) is 3.95. The van der Waals surface area contributed by atoms with Gasteiger partial charge in [0.25, 0.3) is 0 Å². The molecule has 2 nitrogen and oxygen atoms in total. The molecule has 0 bridgehead atoms. The van der Waals surface area contributed by atoms with E-state index in [2.05, 4.69) is 5.32 Å². The van der Waals surface area contributed by atoms with Crippen molar-refractivity contribution in [1.82, 2.24) is 0 Å². The van der Waals surface area contributed by atoms with Gasteiger partial charge in [-0.15, -0.1) is 0 Å². The summed E-state index contributed by atoms with van der Waals surface area (Å²) < 4.78 is 5.29. The third kappa shape index (κ3) is 2.37. The van der Waals surface area contributed by atoms with Gasteiger partial charge in [0.05, 0.1) is 17.8 Å². The van der Waals surface area contributed by atoms with Crippen LogP contribution in [0.25, 0.3) is 0 Å². The average molecular weight is 226 g/mol. The summed E-state index contributed by atoms with van der Waals surface area (Å²) in [5.74, 6) is 0.756. The van der Waals surface area contributed by atoms with Gasteiger partial charge in [-0.25, -0.2) is 0 Å². The molecule has 0 aliphatic heterocycles. The number of anilines is 1. The average Bonchev–Trinajstić information content (AvgIpc) is 2.71. The highest BCUT2D eigenvalue weighted by Gasteiger charge is 2.16. The molecule has 82 valence electrons. The lowest BCUT2D eigenvalue weighted by Crippen LogP contribution is -2.15. The minimum absolute atomic E-state index is 0.581. The Hall–Kier alpha value is -0.890. The monoisotopic (exact) mass is 225 g/mol. The molecule has 1 aromatic rings. The molecule has 15 heavy (non-hydrogen) atoms. The van der Waals surface area contributed by atoms with E-state index in [-0.39, 0.29) is 0 Å². The molecule has 3 heteroatoms. The Kier molecular flexibility index (Phi) is 3.37. The zero-order valence-corrected chi connectivity index (χ0v) is 9.68. The molecule has 1 aromatic carbocycles. The first-order chi connectivity index (χ1) is 7.31. The third-order valence-electron chi connectivity index (χ3n) is 2.89. The summed E-state index contributed by atoms with van der Waals surface area (Å²) in [4.78, 5) is 0. The number of para-hydroxylation sites is 1. The highest BCUT2D eigenvalue weighted by molar-refractivity contribution is 6.32. The van der Waals surface area contributed by atoms with Crippen molar-refractivity contribution in [2.24, 2.45) is 0 Å². The van der Waals surface area contributed by atoms with Crippen LogP contribution in [-0.4, -0.2) is 13.2 Å². The molecule has 0 aromatic heterocycles. The minimum Gasteiger partial charge on any atom is -0.493 e. The van der Waals surface area contributed by atoms with Gasteiger partial charge in [-0.1, -0.05) is 30.5 Å². The van der Waals surface area contributed by atoms with E-state index < -0.39 is 0 Å². The number of methoxy groups -OCH3 is 1. The molecule has 0 spiro atoms. The maximum atomic E-state index is 6.05. The van der Waals surface area contributed by atoms with Crippen LogP contribution in [0.5, 0.6) is 5.75 Å². The van der Waals surface area contributed by atoms with Crippen LogP contribution in [0.4, 0.5) is 5.69 Å². The predicted octanol–water partition coefficient (Wildman–Crippen LogP) is 3.70. The molecule has 1 saturated carbocycles. The second kappa shape index (κ2) is 4.75. The maximum absolute atomic E-state index is 6.05. The lowest BCUT2D eigenvalue weighted by atomic mass is 10.2. The summed E-state index contributed by atoms with van der Waals surface area (Å²) in [7, 11) is 1.65. The largest absolute Gasteiger partial charge is 0.493 e. The molecular formula is C12H16ClNO. The fraction of sp³-hybridized carbons (Fsp3) is 0.500. The normalized spacial score (nSPS) is 16.7. The van der Waals surface area contributed by atoms with Gasteiger partial charge >= 0.3 is 0 Å². The molecule has 1 N–H and O–H groups in total. The Morgan fingerprint density at radius 2 is 2.07 bits per heavy atom. The van der Waals surface area contributed by atoms with E-state index in [0.29, 0.717) is 11.1 Å². The third-order valence-corrected chi connectivity index (χ3v) is 3.18. The van der Waals surface area contributed by atoms with E-state index in [1.165, 1.54) is 25.7 Å². The number of ether oxygens (including phenoxy) is 1. The number of rotatable bonds is 3. The Morgan fingerprint density at radius 3 is 2.73 bits per heavy atom. The number of nitrogens with one attached hydrogen (secondary N) is 1. The van der Waals surface area contributed by atoms with Crippen LogP contribution < -0.4 is 10.1 Å². The van der Waals surface area contributed by atoms with Gasteiger partial charge in [0.2, 0.25) is 0 Å². The Morgan fingerprint density at radius 1 is 1.33 bits per heavy atom. The molecule has 0 unspecified atom stereocenters. The van der Waals surface area contributed by atoms with Crippen molar-refractivity contribution in [2.45, 2.75) is 31.7 Å². The molecule has 0 atom stereocenters. The first-order valence-electron chi connectivity index (χ1n) is 5.40. The fourth-order valence-corrected chi connectivity index (χ4v) is 2.37. The number of hydrogen-bond donors (Lipinski definition) is 1. The Labute approximate surface area is 95.6 Å². The van der Waals surface area contributed by atoms with Crippen molar-refractivity contribution in [3.63, 3.8) is 0 Å². The molecule has 0 heterocycles. The topological polar surface area (TPSA) is 21.3 Å². The lowest BCUT2D eigenvalue weighted by molar-refractivity contribution is 0.416.